The first-order chi connectivity index (χ1) is 8.36. The van der Waals surface area contributed by atoms with E-state index in [-0.39, 0.29) is 6.10 Å². The number of rotatable bonds is 4. The second-order valence-corrected chi connectivity index (χ2v) is 4.88. The van der Waals surface area contributed by atoms with E-state index >= 15 is 0 Å². The highest BCUT2D eigenvalue weighted by Crippen LogP contribution is 2.25. The van der Waals surface area contributed by atoms with Crippen LogP contribution in [0.15, 0.2) is 12.1 Å². The van der Waals surface area contributed by atoms with Gasteiger partial charge < -0.3 is 9.84 Å². The summed E-state index contributed by atoms with van der Waals surface area (Å²) in [4.78, 5) is 0. The molecule has 98 valence electrons. The molecule has 0 aliphatic rings. The van der Waals surface area contributed by atoms with Crippen LogP contribution in [0.5, 0.6) is 0 Å². The van der Waals surface area contributed by atoms with Crippen molar-refractivity contribution in [3.05, 3.63) is 34.4 Å². The molecule has 0 radical (unpaired) electrons. The molecule has 1 rings (SSSR count). The van der Waals surface area contributed by atoms with E-state index in [4.69, 9.17) is 4.74 Å². The maximum absolute atomic E-state index is 9.45. The number of nitriles is 1. The normalized spacial score (nSPS) is 15.8. The molecule has 3 unspecified atom stereocenters. The smallest absolute Gasteiger partial charge is 0.169 e. The maximum atomic E-state index is 9.45. The van der Waals surface area contributed by atoms with Crippen LogP contribution >= 0.6 is 0 Å². The Balaban J connectivity index is 3.03. The van der Waals surface area contributed by atoms with Gasteiger partial charge in [0.2, 0.25) is 0 Å². The predicted molar refractivity (Wildman–Crippen MR) is 71.2 cm³/mol. The first-order valence-corrected chi connectivity index (χ1v) is 6.17. The summed E-state index contributed by atoms with van der Waals surface area (Å²) in [6.07, 6.45) is -1.59. The zero-order chi connectivity index (χ0) is 13.9. The van der Waals surface area contributed by atoms with Crippen LogP contribution in [0.25, 0.3) is 0 Å². The van der Waals surface area contributed by atoms with Crippen molar-refractivity contribution >= 4 is 0 Å². The van der Waals surface area contributed by atoms with Crippen molar-refractivity contribution in [2.24, 2.45) is 0 Å². The van der Waals surface area contributed by atoms with Gasteiger partial charge in [-0.1, -0.05) is 12.1 Å². The average Bonchev–Trinajstić information content (AvgIpc) is 2.30. The number of ether oxygens (including phenoxy) is 1. The second kappa shape index (κ2) is 5.99. The van der Waals surface area contributed by atoms with Gasteiger partial charge in [-0.25, -0.2) is 0 Å². The van der Waals surface area contributed by atoms with E-state index in [0.29, 0.717) is 0 Å². The lowest BCUT2D eigenvalue weighted by atomic mass is 9.97. The number of hydrogen-bond acceptors (Lipinski definition) is 3. The third kappa shape index (κ3) is 3.32. The Bertz CT molecular complexity index is 460. The summed E-state index contributed by atoms with van der Waals surface area (Å²) in [6, 6.07) is 6.21. The van der Waals surface area contributed by atoms with Crippen molar-refractivity contribution in [3.63, 3.8) is 0 Å². The Hall–Kier alpha value is -1.37. The molecule has 0 saturated heterocycles. The first kappa shape index (κ1) is 14.7. The topological polar surface area (TPSA) is 53.2 Å². The second-order valence-electron chi connectivity index (χ2n) is 4.88. The number of aliphatic hydroxyl groups excluding tert-OH is 1. The fourth-order valence-corrected chi connectivity index (χ4v) is 1.77. The first-order valence-electron chi connectivity index (χ1n) is 6.17. The molecule has 3 atom stereocenters. The summed E-state index contributed by atoms with van der Waals surface area (Å²) >= 11 is 0. The summed E-state index contributed by atoms with van der Waals surface area (Å²) in [6.45, 7) is 9.47. The zero-order valence-electron chi connectivity index (χ0n) is 11.7. The van der Waals surface area contributed by atoms with Crippen LogP contribution in [0.2, 0.25) is 0 Å². The van der Waals surface area contributed by atoms with E-state index in [1.165, 1.54) is 5.56 Å². The van der Waals surface area contributed by atoms with E-state index in [9.17, 15) is 10.4 Å². The van der Waals surface area contributed by atoms with Crippen LogP contribution < -0.4 is 0 Å². The quantitative estimate of drug-likeness (QED) is 0.890. The minimum atomic E-state index is -0.631. The zero-order valence-corrected chi connectivity index (χ0v) is 11.7. The Morgan fingerprint density at radius 3 is 2.17 bits per heavy atom. The van der Waals surface area contributed by atoms with E-state index in [1.807, 2.05) is 26.8 Å². The fraction of sp³-hybridized carbons (Fsp3) is 0.533. The van der Waals surface area contributed by atoms with Gasteiger partial charge in [0.1, 0.15) is 0 Å². The number of nitrogens with zero attached hydrogens (tertiary/aromatic N) is 1. The molecule has 0 fully saturated rings. The number of hydrogen-bond donors (Lipinski definition) is 1. The van der Waals surface area contributed by atoms with E-state index in [1.54, 1.807) is 13.8 Å². The van der Waals surface area contributed by atoms with E-state index in [0.717, 1.165) is 16.7 Å². The van der Waals surface area contributed by atoms with Gasteiger partial charge in [-0.2, -0.15) is 5.26 Å². The van der Waals surface area contributed by atoms with Gasteiger partial charge in [0.05, 0.1) is 18.3 Å². The molecule has 0 aliphatic carbocycles. The van der Waals surface area contributed by atoms with Crippen LogP contribution in [0.4, 0.5) is 0 Å². The third-order valence-corrected chi connectivity index (χ3v) is 3.31. The van der Waals surface area contributed by atoms with Crippen LogP contribution in [0.1, 0.15) is 42.2 Å². The van der Waals surface area contributed by atoms with E-state index in [2.05, 4.69) is 12.1 Å². The summed E-state index contributed by atoms with van der Waals surface area (Å²) in [5, 5.41) is 18.7. The van der Waals surface area contributed by atoms with Crippen LogP contribution in [-0.2, 0) is 4.74 Å². The minimum Gasteiger partial charge on any atom is -0.391 e. The van der Waals surface area contributed by atoms with Gasteiger partial charge in [-0.05, 0) is 56.9 Å². The van der Waals surface area contributed by atoms with Crippen molar-refractivity contribution in [2.75, 3.05) is 0 Å². The Labute approximate surface area is 109 Å². The molecule has 1 N–H and O–H groups in total. The summed E-state index contributed by atoms with van der Waals surface area (Å²) in [7, 11) is 0. The summed E-state index contributed by atoms with van der Waals surface area (Å²) < 4.78 is 5.61. The largest absolute Gasteiger partial charge is 0.391 e. The third-order valence-electron chi connectivity index (χ3n) is 3.31. The fourth-order valence-electron chi connectivity index (χ4n) is 1.77. The summed E-state index contributed by atoms with van der Waals surface area (Å²) in [5.74, 6) is 0. The maximum Gasteiger partial charge on any atom is 0.169 e. The average molecular weight is 247 g/mol. The molecule has 0 aliphatic heterocycles. The number of aryl methyl sites for hydroxylation is 3. The lowest BCUT2D eigenvalue weighted by molar-refractivity contribution is -0.0427. The van der Waals surface area contributed by atoms with Crippen molar-refractivity contribution in [1.29, 1.82) is 5.26 Å². The van der Waals surface area contributed by atoms with Gasteiger partial charge in [0.15, 0.2) is 6.10 Å². The molecule has 0 amide bonds. The molecule has 1 aromatic carbocycles. The highest BCUT2D eigenvalue weighted by molar-refractivity contribution is 5.39. The molecular weight excluding hydrogens is 226 g/mol. The van der Waals surface area contributed by atoms with Gasteiger partial charge in [-0.15, -0.1) is 0 Å². The highest BCUT2D eigenvalue weighted by atomic mass is 16.5. The predicted octanol–water partition coefficient (Wildman–Crippen LogP) is 2.96. The molecule has 3 heteroatoms. The lowest BCUT2D eigenvalue weighted by Crippen LogP contribution is -2.24. The van der Waals surface area contributed by atoms with Gasteiger partial charge in [0, 0.05) is 0 Å². The van der Waals surface area contributed by atoms with Gasteiger partial charge >= 0.3 is 0 Å². The highest BCUT2D eigenvalue weighted by Gasteiger charge is 2.20. The SMILES string of the molecule is Cc1cc(C)c(C(C#N)OC(C)C(C)O)cc1C. The standard InChI is InChI=1S/C15H21NO2/c1-9-6-11(3)14(7-10(9)2)15(8-16)18-13(5)12(4)17/h6-7,12-13,15,17H,1-5H3. The molecular formula is C15H21NO2. The Kier molecular flexibility index (Phi) is 4.89. The van der Waals surface area contributed by atoms with Gasteiger partial charge in [0.25, 0.3) is 0 Å². The lowest BCUT2D eigenvalue weighted by Gasteiger charge is -2.21. The monoisotopic (exact) mass is 247 g/mol. The van der Waals surface area contributed by atoms with Crippen molar-refractivity contribution in [3.8, 4) is 6.07 Å². The molecule has 18 heavy (non-hydrogen) atoms. The molecule has 1 aromatic rings. The number of aliphatic hydroxyl groups is 1. The minimum absolute atomic E-state index is 0.365. The Morgan fingerprint density at radius 1 is 1.11 bits per heavy atom. The molecule has 0 spiro atoms. The molecule has 0 saturated carbocycles. The van der Waals surface area contributed by atoms with Crippen LogP contribution in [0, 0.1) is 32.1 Å². The van der Waals surface area contributed by atoms with Crippen LogP contribution in [0.3, 0.4) is 0 Å². The number of benzene rings is 1. The van der Waals surface area contributed by atoms with Crippen LogP contribution in [-0.4, -0.2) is 17.3 Å². The van der Waals surface area contributed by atoms with Gasteiger partial charge in [-0.3, -0.25) is 0 Å². The van der Waals surface area contributed by atoms with Crippen molar-refractivity contribution < 1.29 is 9.84 Å². The molecule has 0 bridgehead atoms. The molecule has 0 aromatic heterocycles. The van der Waals surface area contributed by atoms with Crippen molar-refractivity contribution in [2.45, 2.75) is 52.9 Å². The van der Waals surface area contributed by atoms with Crippen molar-refractivity contribution in [1.82, 2.24) is 0 Å². The molecule has 0 heterocycles. The summed E-state index contributed by atoms with van der Waals surface area (Å²) in [5.41, 5.74) is 4.27. The van der Waals surface area contributed by atoms with E-state index < -0.39 is 12.2 Å². The molecule has 3 nitrogen and oxygen atoms in total. The Morgan fingerprint density at radius 2 is 1.67 bits per heavy atom.